The Kier molecular flexibility index (Phi) is 14.0. The van der Waals surface area contributed by atoms with Crippen LogP contribution in [0, 0.1) is 11.3 Å². The van der Waals surface area contributed by atoms with Crippen LogP contribution in [-0.2, 0) is 0 Å². The molecule has 0 aliphatic carbocycles. The number of unbranched alkanes of at least 4 members (excludes halogenated alkanes) is 10. The fourth-order valence-corrected chi connectivity index (χ4v) is 2.99. The van der Waals surface area contributed by atoms with Gasteiger partial charge in [-0.1, -0.05) is 65.2 Å². The number of nitrogens with zero attached hydrogens (tertiary/aromatic N) is 2. The fraction of sp³-hybridized carbons (Fsp3) is 0.947. The van der Waals surface area contributed by atoms with E-state index in [1.807, 2.05) is 0 Å². The zero-order chi connectivity index (χ0) is 15.8. The minimum atomic E-state index is 0.684. The summed E-state index contributed by atoms with van der Waals surface area (Å²) in [7, 11) is 2.28. The highest BCUT2D eigenvalue weighted by Gasteiger charge is 2.19. The van der Waals surface area contributed by atoms with Crippen molar-refractivity contribution in [1.29, 1.82) is 5.26 Å². The van der Waals surface area contributed by atoms with Crippen LogP contribution in [0.4, 0.5) is 0 Å². The average Bonchev–Trinajstić information content (AvgIpc) is 2.47. The van der Waals surface area contributed by atoms with Crippen LogP contribution in [0.3, 0.4) is 0 Å². The van der Waals surface area contributed by atoms with Crippen LogP contribution in [0.15, 0.2) is 0 Å². The third-order valence-electron chi connectivity index (χ3n) is 4.56. The molecule has 0 bridgehead atoms. The lowest BCUT2D eigenvalue weighted by Gasteiger charge is -2.32. The third kappa shape index (κ3) is 12.9. The van der Waals surface area contributed by atoms with Gasteiger partial charge in [0.25, 0.3) is 0 Å². The summed E-state index contributed by atoms with van der Waals surface area (Å²) >= 11 is 0. The number of nitriles is 1. The van der Waals surface area contributed by atoms with E-state index in [2.05, 4.69) is 27.0 Å². The number of rotatable bonds is 15. The predicted octanol–water partition coefficient (Wildman–Crippen LogP) is 5.68. The largest absolute Gasteiger partial charge is 0.314 e. The molecular formula is C19H39N2+. The molecule has 0 N–H and O–H groups in total. The monoisotopic (exact) mass is 295 g/mol. The Morgan fingerprint density at radius 2 is 1.05 bits per heavy atom. The zero-order valence-corrected chi connectivity index (χ0v) is 15.0. The minimum Gasteiger partial charge on any atom is -0.314 e. The molecule has 0 saturated heterocycles. The molecule has 2 nitrogen and oxygen atoms in total. The second-order valence-corrected chi connectivity index (χ2v) is 6.92. The van der Waals surface area contributed by atoms with Gasteiger partial charge >= 0.3 is 0 Å². The number of hydrogen-bond donors (Lipinski definition) is 0. The topological polar surface area (TPSA) is 23.8 Å². The molecule has 0 aromatic rings. The van der Waals surface area contributed by atoms with Crippen molar-refractivity contribution in [2.24, 2.45) is 0 Å². The SMILES string of the molecule is CCCCCCCC[N+](C)(CC#N)CCCCCCCC. The maximum Gasteiger partial charge on any atom is 0.166 e. The smallest absolute Gasteiger partial charge is 0.166 e. The van der Waals surface area contributed by atoms with Crippen molar-refractivity contribution < 1.29 is 4.48 Å². The summed E-state index contributed by atoms with van der Waals surface area (Å²) in [6, 6.07) is 2.40. The Balaban J connectivity index is 3.76. The first-order valence-corrected chi connectivity index (χ1v) is 9.39. The summed E-state index contributed by atoms with van der Waals surface area (Å²) < 4.78 is 0.970. The van der Waals surface area contributed by atoms with E-state index in [0.29, 0.717) is 6.54 Å². The van der Waals surface area contributed by atoms with E-state index >= 15 is 0 Å². The van der Waals surface area contributed by atoms with Gasteiger partial charge in [0.1, 0.15) is 6.07 Å². The second-order valence-electron chi connectivity index (χ2n) is 6.92. The molecular weight excluding hydrogens is 256 g/mol. The first-order chi connectivity index (χ1) is 10.2. The molecule has 124 valence electrons. The van der Waals surface area contributed by atoms with Crippen molar-refractivity contribution >= 4 is 0 Å². The lowest BCUT2D eigenvalue weighted by Crippen LogP contribution is -2.45. The van der Waals surface area contributed by atoms with E-state index < -0.39 is 0 Å². The van der Waals surface area contributed by atoms with E-state index in [0.717, 1.165) is 4.48 Å². The molecule has 0 fully saturated rings. The molecule has 0 amide bonds. The van der Waals surface area contributed by atoms with Gasteiger partial charge in [-0.3, -0.25) is 0 Å². The molecule has 0 atom stereocenters. The van der Waals surface area contributed by atoms with Crippen LogP contribution in [-0.4, -0.2) is 31.2 Å². The molecule has 0 aliphatic rings. The molecule has 0 spiro atoms. The van der Waals surface area contributed by atoms with E-state index in [1.165, 1.54) is 90.1 Å². The van der Waals surface area contributed by atoms with Crippen molar-refractivity contribution in [3.05, 3.63) is 0 Å². The quantitative estimate of drug-likeness (QED) is 0.217. The summed E-state index contributed by atoms with van der Waals surface area (Å²) in [5.74, 6) is 0. The van der Waals surface area contributed by atoms with Crippen molar-refractivity contribution in [2.75, 3.05) is 26.7 Å². The molecule has 0 rings (SSSR count). The maximum atomic E-state index is 9.08. The van der Waals surface area contributed by atoms with Gasteiger partial charge in [-0.25, -0.2) is 0 Å². The normalized spacial score (nSPS) is 11.5. The lowest BCUT2D eigenvalue weighted by molar-refractivity contribution is -0.903. The van der Waals surface area contributed by atoms with Crippen molar-refractivity contribution in [3.63, 3.8) is 0 Å². The van der Waals surface area contributed by atoms with Gasteiger partial charge < -0.3 is 4.48 Å². The van der Waals surface area contributed by atoms with Crippen LogP contribution in [0.25, 0.3) is 0 Å². The Hall–Kier alpha value is -0.550. The summed E-state index contributed by atoms with van der Waals surface area (Å²) in [4.78, 5) is 0. The molecule has 0 aromatic carbocycles. The first-order valence-electron chi connectivity index (χ1n) is 9.39. The van der Waals surface area contributed by atoms with Crippen LogP contribution >= 0.6 is 0 Å². The van der Waals surface area contributed by atoms with E-state index in [1.54, 1.807) is 0 Å². The number of quaternary nitrogens is 1. The summed E-state index contributed by atoms with van der Waals surface area (Å²) in [5, 5.41) is 9.08. The Morgan fingerprint density at radius 3 is 1.43 bits per heavy atom. The fourth-order valence-electron chi connectivity index (χ4n) is 2.99. The highest BCUT2D eigenvalue weighted by Crippen LogP contribution is 2.13. The Morgan fingerprint density at radius 1 is 0.667 bits per heavy atom. The molecule has 0 heterocycles. The first kappa shape index (κ1) is 20.5. The van der Waals surface area contributed by atoms with Crippen molar-refractivity contribution in [1.82, 2.24) is 0 Å². The highest BCUT2D eigenvalue weighted by molar-refractivity contribution is 4.68. The van der Waals surface area contributed by atoms with Crippen molar-refractivity contribution in [2.45, 2.75) is 90.9 Å². The van der Waals surface area contributed by atoms with Crippen LogP contribution < -0.4 is 0 Å². The molecule has 0 aromatic heterocycles. The third-order valence-corrected chi connectivity index (χ3v) is 4.56. The Bertz CT molecular complexity index is 239. The van der Waals surface area contributed by atoms with Crippen molar-refractivity contribution in [3.8, 4) is 6.07 Å². The maximum absolute atomic E-state index is 9.08. The molecule has 0 unspecified atom stereocenters. The van der Waals surface area contributed by atoms with Crippen LogP contribution in [0.5, 0.6) is 0 Å². The average molecular weight is 296 g/mol. The highest BCUT2D eigenvalue weighted by atomic mass is 15.3. The molecule has 0 aliphatic heterocycles. The van der Waals surface area contributed by atoms with Gasteiger partial charge in [-0.05, 0) is 25.7 Å². The van der Waals surface area contributed by atoms with Gasteiger partial charge in [0.05, 0.1) is 20.1 Å². The van der Waals surface area contributed by atoms with E-state index in [-0.39, 0.29) is 0 Å². The van der Waals surface area contributed by atoms with Crippen LogP contribution in [0.2, 0.25) is 0 Å². The zero-order valence-electron chi connectivity index (χ0n) is 15.0. The molecule has 0 radical (unpaired) electrons. The molecule has 0 saturated carbocycles. The Labute approximate surface area is 134 Å². The van der Waals surface area contributed by atoms with Gasteiger partial charge in [0.2, 0.25) is 0 Å². The van der Waals surface area contributed by atoms with Crippen LogP contribution in [0.1, 0.15) is 90.9 Å². The second kappa shape index (κ2) is 14.4. The number of hydrogen-bond acceptors (Lipinski definition) is 1. The molecule has 21 heavy (non-hydrogen) atoms. The lowest BCUT2D eigenvalue weighted by atomic mass is 10.1. The summed E-state index contributed by atoms with van der Waals surface area (Å²) in [6.45, 7) is 7.59. The standard InChI is InChI=1S/C19H39N2/c1-4-6-8-10-12-14-17-21(3,19-16-20)18-15-13-11-9-7-5-2/h4-15,17-19H2,1-3H3/q+1. The van der Waals surface area contributed by atoms with E-state index in [9.17, 15) is 0 Å². The van der Waals surface area contributed by atoms with Gasteiger partial charge in [0.15, 0.2) is 6.54 Å². The molecule has 2 heteroatoms. The minimum absolute atomic E-state index is 0.684. The van der Waals surface area contributed by atoms with Gasteiger partial charge in [-0.15, -0.1) is 0 Å². The van der Waals surface area contributed by atoms with Gasteiger partial charge in [-0.2, -0.15) is 5.26 Å². The van der Waals surface area contributed by atoms with Gasteiger partial charge in [0, 0.05) is 0 Å². The van der Waals surface area contributed by atoms with E-state index in [4.69, 9.17) is 5.26 Å². The summed E-state index contributed by atoms with van der Waals surface area (Å²) in [5.41, 5.74) is 0. The summed E-state index contributed by atoms with van der Waals surface area (Å²) in [6.07, 6.45) is 16.2. The predicted molar refractivity (Wildman–Crippen MR) is 93.2 cm³/mol.